The molecule has 8 nitrogen and oxygen atoms in total. The number of carboxylic acids is 1. The van der Waals surface area contributed by atoms with E-state index in [1.807, 2.05) is 0 Å². The van der Waals surface area contributed by atoms with Gasteiger partial charge in [-0.2, -0.15) is 5.10 Å². The van der Waals surface area contributed by atoms with Crippen molar-refractivity contribution in [1.82, 2.24) is 14.8 Å². The lowest BCUT2D eigenvalue weighted by Gasteiger charge is -2.04. The smallest absolute Gasteiger partial charge is 0.371 e. The van der Waals surface area contributed by atoms with Crippen LogP contribution in [0.25, 0.3) is 11.3 Å². The lowest BCUT2D eigenvalue weighted by molar-refractivity contribution is 0.0660. The van der Waals surface area contributed by atoms with Gasteiger partial charge in [0.2, 0.25) is 5.76 Å². The second-order valence-electron chi connectivity index (χ2n) is 4.70. The van der Waals surface area contributed by atoms with Gasteiger partial charge in [-0.25, -0.2) is 14.3 Å². The number of aromatic carboxylic acids is 1. The van der Waals surface area contributed by atoms with Gasteiger partial charge in [0.05, 0.1) is 0 Å². The van der Waals surface area contributed by atoms with Crippen LogP contribution in [0.15, 0.2) is 56.5 Å². The molecule has 0 unspecified atom stereocenters. The van der Waals surface area contributed by atoms with E-state index in [2.05, 4.69) is 10.1 Å². The van der Waals surface area contributed by atoms with Gasteiger partial charge >= 0.3 is 11.7 Å². The number of furan rings is 1. The molecule has 1 aromatic carbocycles. The Morgan fingerprint density at radius 1 is 1.17 bits per heavy atom. The minimum Gasteiger partial charge on any atom is -0.475 e. The van der Waals surface area contributed by atoms with Crippen LogP contribution in [0.4, 0.5) is 0 Å². The summed E-state index contributed by atoms with van der Waals surface area (Å²) in [6.07, 6.45) is 0. The number of rotatable bonds is 4. The highest BCUT2D eigenvalue weighted by atomic mass is 16.4. The Hall–Kier alpha value is -3.42. The highest BCUT2D eigenvalue weighted by Gasteiger charge is 2.13. The van der Waals surface area contributed by atoms with Crippen molar-refractivity contribution >= 4 is 5.97 Å². The molecule has 0 saturated carbocycles. The summed E-state index contributed by atoms with van der Waals surface area (Å²) >= 11 is 0. The summed E-state index contributed by atoms with van der Waals surface area (Å²) in [5.41, 5.74) is -0.644. The zero-order chi connectivity index (χ0) is 16.4. The van der Waals surface area contributed by atoms with Gasteiger partial charge < -0.3 is 9.52 Å². The molecule has 2 heterocycles. The summed E-state index contributed by atoms with van der Waals surface area (Å²) in [6, 6.07) is 11.4. The molecule has 2 aromatic heterocycles. The maximum Gasteiger partial charge on any atom is 0.371 e. The predicted octanol–water partition coefficient (Wildman–Crippen LogP) is 0.938. The van der Waals surface area contributed by atoms with E-state index in [4.69, 9.17) is 9.52 Å². The summed E-state index contributed by atoms with van der Waals surface area (Å²) in [5.74, 6) is -1.20. The predicted molar refractivity (Wildman–Crippen MR) is 79.3 cm³/mol. The summed E-state index contributed by atoms with van der Waals surface area (Å²) in [6.45, 7) is -0.0945. The molecule has 2 N–H and O–H groups in total. The third-order valence-electron chi connectivity index (χ3n) is 3.12. The number of aromatic nitrogens is 3. The third kappa shape index (κ3) is 2.95. The molecule has 0 aliphatic carbocycles. The fourth-order valence-electron chi connectivity index (χ4n) is 2.05. The fourth-order valence-corrected chi connectivity index (χ4v) is 2.05. The minimum absolute atomic E-state index is 0.0928. The second-order valence-corrected chi connectivity index (χ2v) is 4.70. The monoisotopic (exact) mass is 313 g/mol. The van der Waals surface area contributed by atoms with Gasteiger partial charge in [-0.15, -0.1) is 0 Å². The number of carboxylic acid groups (broad SMARTS) is 1. The van der Waals surface area contributed by atoms with E-state index in [1.165, 1.54) is 12.1 Å². The molecule has 0 aliphatic rings. The van der Waals surface area contributed by atoms with Crippen LogP contribution in [0.5, 0.6) is 0 Å². The molecule has 0 atom stereocenters. The van der Waals surface area contributed by atoms with Crippen molar-refractivity contribution in [2.45, 2.75) is 6.54 Å². The summed E-state index contributed by atoms with van der Waals surface area (Å²) < 4.78 is 6.10. The lowest BCUT2D eigenvalue weighted by Crippen LogP contribution is -2.33. The molecule has 3 rings (SSSR count). The van der Waals surface area contributed by atoms with E-state index in [-0.39, 0.29) is 23.8 Å². The molecule has 0 spiro atoms. The Bertz CT molecular complexity index is 969. The third-order valence-corrected chi connectivity index (χ3v) is 3.12. The average Bonchev–Trinajstić information content (AvgIpc) is 3.00. The van der Waals surface area contributed by atoms with Crippen molar-refractivity contribution in [3.63, 3.8) is 0 Å². The first-order valence-electron chi connectivity index (χ1n) is 6.63. The van der Waals surface area contributed by atoms with Crippen molar-refractivity contribution in [2.75, 3.05) is 0 Å². The number of H-pyrrole nitrogens is 1. The number of benzene rings is 1. The molecular formula is C15H11N3O5. The number of hydrogen-bond donors (Lipinski definition) is 2. The number of nitrogens with one attached hydrogen (secondary N) is 1. The quantitative estimate of drug-likeness (QED) is 0.740. The normalized spacial score (nSPS) is 10.6. The Morgan fingerprint density at radius 2 is 1.91 bits per heavy atom. The van der Waals surface area contributed by atoms with E-state index >= 15 is 0 Å². The highest BCUT2D eigenvalue weighted by Crippen LogP contribution is 2.11. The zero-order valence-electron chi connectivity index (χ0n) is 11.7. The molecule has 3 aromatic rings. The topological polar surface area (TPSA) is 118 Å². The number of aromatic amines is 1. The maximum absolute atomic E-state index is 11.9. The van der Waals surface area contributed by atoms with Crippen LogP contribution in [-0.4, -0.2) is 25.8 Å². The van der Waals surface area contributed by atoms with Crippen molar-refractivity contribution in [1.29, 1.82) is 0 Å². The first-order valence-corrected chi connectivity index (χ1v) is 6.63. The van der Waals surface area contributed by atoms with Gasteiger partial charge in [-0.05, 0) is 12.1 Å². The molecule has 0 amide bonds. The molecule has 0 radical (unpaired) electrons. The number of hydrogen-bond acceptors (Lipinski definition) is 5. The summed E-state index contributed by atoms with van der Waals surface area (Å²) in [7, 11) is 0. The standard InChI is InChI=1S/C15H11N3O5/c19-13-12(9-4-2-1-3-5-9)17-18(15(22)16-13)8-10-6-7-11(23-10)14(20)21/h1-7H,8H2,(H,20,21)(H,16,19,22). The van der Waals surface area contributed by atoms with Gasteiger partial charge in [0.15, 0.2) is 5.69 Å². The van der Waals surface area contributed by atoms with Gasteiger partial charge in [0.1, 0.15) is 12.3 Å². The van der Waals surface area contributed by atoms with E-state index in [0.717, 1.165) is 4.68 Å². The lowest BCUT2D eigenvalue weighted by atomic mass is 10.2. The molecular weight excluding hydrogens is 302 g/mol. The number of carbonyl (C=O) groups is 1. The maximum atomic E-state index is 11.9. The molecule has 0 aliphatic heterocycles. The van der Waals surface area contributed by atoms with Crippen LogP contribution >= 0.6 is 0 Å². The van der Waals surface area contributed by atoms with Gasteiger partial charge in [0, 0.05) is 5.56 Å². The van der Waals surface area contributed by atoms with Crippen molar-refractivity contribution in [2.24, 2.45) is 0 Å². The zero-order valence-corrected chi connectivity index (χ0v) is 11.7. The van der Waals surface area contributed by atoms with Crippen LogP contribution in [0.3, 0.4) is 0 Å². The largest absolute Gasteiger partial charge is 0.475 e. The van der Waals surface area contributed by atoms with Gasteiger partial charge in [-0.3, -0.25) is 9.78 Å². The highest BCUT2D eigenvalue weighted by molar-refractivity contribution is 5.84. The fraction of sp³-hybridized carbons (Fsp3) is 0.0667. The molecule has 0 bridgehead atoms. The Labute approximate surface area is 128 Å². The van der Waals surface area contributed by atoms with Crippen molar-refractivity contribution in [3.05, 3.63) is 74.8 Å². The van der Waals surface area contributed by atoms with Gasteiger partial charge in [0.25, 0.3) is 5.56 Å². The summed E-state index contributed by atoms with van der Waals surface area (Å²) in [4.78, 5) is 36.7. The Balaban J connectivity index is 2.01. The van der Waals surface area contributed by atoms with Crippen molar-refractivity contribution < 1.29 is 14.3 Å². The molecule has 116 valence electrons. The first-order chi connectivity index (χ1) is 11.0. The SMILES string of the molecule is O=C(O)c1ccc(Cn2nc(-c3ccccc3)c(=O)[nH]c2=O)o1. The molecule has 8 heteroatoms. The summed E-state index contributed by atoms with van der Waals surface area (Å²) in [5, 5.41) is 12.9. The van der Waals surface area contributed by atoms with Crippen molar-refractivity contribution in [3.8, 4) is 11.3 Å². The molecule has 0 saturated heterocycles. The number of nitrogens with zero attached hydrogens (tertiary/aromatic N) is 2. The van der Waals surface area contributed by atoms with Crippen LogP contribution in [0.2, 0.25) is 0 Å². The van der Waals surface area contributed by atoms with E-state index < -0.39 is 17.2 Å². The first kappa shape index (κ1) is 14.5. The van der Waals surface area contributed by atoms with Crippen LogP contribution in [0, 0.1) is 0 Å². The Morgan fingerprint density at radius 3 is 2.57 bits per heavy atom. The van der Waals surface area contributed by atoms with Gasteiger partial charge in [-0.1, -0.05) is 30.3 Å². The van der Waals surface area contributed by atoms with E-state index in [1.54, 1.807) is 30.3 Å². The Kier molecular flexibility index (Phi) is 3.63. The second kappa shape index (κ2) is 5.76. The van der Waals surface area contributed by atoms with Crippen LogP contribution in [-0.2, 0) is 6.54 Å². The average molecular weight is 313 g/mol. The molecule has 0 fully saturated rings. The van der Waals surface area contributed by atoms with E-state index in [9.17, 15) is 14.4 Å². The minimum atomic E-state index is -1.21. The van der Waals surface area contributed by atoms with Crippen LogP contribution < -0.4 is 11.2 Å². The van der Waals surface area contributed by atoms with E-state index in [0.29, 0.717) is 5.56 Å². The van der Waals surface area contributed by atoms with Crippen LogP contribution in [0.1, 0.15) is 16.3 Å². The molecule has 23 heavy (non-hydrogen) atoms.